The van der Waals surface area contributed by atoms with E-state index >= 15 is 0 Å². The third kappa shape index (κ3) is 5.85. The summed E-state index contributed by atoms with van der Waals surface area (Å²) < 4.78 is 27.3. The van der Waals surface area contributed by atoms with Crippen LogP contribution in [0.1, 0.15) is 30.9 Å². The molecule has 0 atom stereocenters. The molecule has 0 bridgehead atoms. The molecule has 1 amide bonds. The molecule has 8 heteroatoms. The van der Waals surface area contributed by atoms with Crippen LogP contribution in [0.3, 0.4) is 0 Å². The quantitative estimate of drug-likeness (QED) is 0.592. The second-order valence-electron chi connectivity index (χ2n) is 7.62. The zero-order valence-corrected chi connectivity index (χ0v) is 18.7. The van der Waals surface area contributed by atoms with Crippen molar-refractivity contribution in [3.63, 3.8) is 0 Å². The number of nitrogens with one attached hydrogen (secondary N) is 2. The topological polar surface area (TPSA) is 93.6 Å². The molecule has 31 heavy (non-hydrogen) atoms. The highest BCUT2D eigenvalue weighted by atomic mass is 32.2. The number of hydrogen-bond donors (Lipinski definition) is 2. The minimum atomic E-state index is -3.76. The number of carbonyl (C=O) groups excluding carboxylic acids is 1. The number of sulfonamides is 1. The van der Waals surface area contributed by atoms with Crippen molar-refractivity contribution in [2.45, 2.75) is 37.5 Å². The average molecular weight is 443 g/mol. The van der Waals surface area contributed by atoms with E-state index in [-0.39, 0.29) is 23.3 Å². The number of benzene rings is 2. The summed E-state index contributed by atoms with van der Waals surface area (Å²) in [5.41, 5.74) is 2.12. The standard InChI is InChI=1S/C23H30N4O3S/c1-2-6-22(28)25-15-13-20-9-11-21(12-10-20)31(29,30)27-18-17-26(23(27)24)16-14-19-7-4-3-5-8-19/h3-5,7-12,24H,2,6,13-18H2,1H3,(H,25,28). The van der Waals surface area contributed by atoms with Crippen LogP contribution in [-0.2, 0) is 27.7 Å². The van der Waals surface area contributed by atoms with Crippen LogP contribution in [0, 0.1) is 5.41 Å². The lowest BCUT2D eigenvalue weighted by atomic mass is 10.1. The van der Waals surface area contributed by atoms with E-state index in [0.29, 0.717) is 32.5 Å². The van der Waals surface area contributed by atoms with Crippen molar-refractivity contribution >= 4 is 21.9 Å². The van der Waals surface area contributed by atoms with Crippen molar-refractivity contribution in [2.24, 2.45) is 0 Å². The molecule has 1 aliphatic rings. The summed E-state index contributed by atoms with van der Waals surface area (Å²) in [4.78, 5) is 13.5. The summed E-state index contributed by atoms with van der Waals surface area (Å²) in [7, 11) is -3.76. The van der Waals surface area contributed by atoms with Gasteiger partial charge in [0.1, 0.15) is 0 Å². The number of guanidine groups is 1. The Morgan fingerprint density at radius 2 is 1.68 bits per heavy atom. The van der Waals surface area contributed by atoms with E-state index in [2.05, 4.69) is 5.32 Å². The van der Waals surface area contributed by atoms with Crippen molar-refractivity contribution in [3.8, 4) is 0 Å². The number of rotatable bonds is 10. The molecule has 0 aliphatic carbocycles. The number of amides is 1. The molecular weight excluding hydrogens is 412 g/mol. The van der Waals surface area contributed by atoms with Gasteiger partial charge < -0.3 is 10.2 Å². The van der Waals surface area contributed by atoms with Crippen molar-refractivity contribution in [3.05, 3.63) is 65.7 Å². The van der Waals surface area contributed by atoms with E-state index in [1.54, 1.807) is 29.2 Å². The van der Waals surface area contributed by atoms with Gasteiger partial charge in [-0.2, -0.15) is 0 Å². The first kappa shape index (κ1) is 22.8. The lowest BCUT2D eigenvalue weighted by molar-refractivity contribution is -0.121. The summed E-state index contributed by atoms with van der Waals surface area (Å²) >= 11 is 0. The maximum absolute atomic E-state index is 13.1. The average Bonchev–Trinajstić information content (AvgIpc) is 3.15. The largest absolute Gasteiger partial charge is 0.356 e. The molecule has 2 N–H and O–H groups in total. The Bertz CT molecular complexity index is 991. The number of nitrogens with zero attached hydrogens (tertiary/aromatic N) is 2. The summed E-state index contributed by atoms with van der Waals surface area (Å²) in [6, 6.07) is 16.7. The maximum atomic E-state index is 13.1. The van der Waals surface area contributed by atoms with Crippen LogP contribution in [0.15, 0.2) is 59.5 Å². The van der Waals surface area contributed by atoms with Gasteiger partial charge in [0.05, 0.1) is 11.4 Å². The zero-order valence-electron chi connectivity index (χ0n) is 17.9. The number of hydrogen-bond acceptors (Lipinski definition) is 4. The van der Waals surface area contributed by atoms with Gasteiger partial charge in [-0.3, -0.25) is 10.2 Å². The van der Waals surface area contributed by atoms with Gasteiger partial charge in [0.15, 0.2) is 0 Å². The highest BCUT2D eigenvalue weighted by Gasteiger charge is 2.34. The fourth-order valence-corrected chi connectivity index (χ4v) is 4.96. The van der Waals surface area contributed by atoms with Gasteiger partial charge in [-0.05, 0) is 42.5 Å². The predicted molar refractivity (Wildman–Crippen MR) is 121 cm³/mol. The summed E-state index contributed by atoms with van der Waals surface area (Å²) in [5, 5.41) is 11.2. The molecule has 2 aromatic carbocycles. The number of carbonyl (C=O) groups is 1. The van der Waals surface area contributed by atoms with Crippen molar-refractivity contribution in [1.29, 1.82) is 5.41 Å². The van der Waals surface area contributed by atoms with E-state index in [1.807, 2.05) is 37.3 Å². The van der Waals surface area contributed by atoms with Gasteiger partial charge in [0.2, 0.25) is 11.9 Å². The SMILES string of the molecule is CCCC(=O)NCCc1ccc(S(=O)(=O)N2CCN(CCc3ccccc3)C2=N)cc1. The molecule has 0 aromatic heterocycles. The minimum absolute atomic E-state index is 0.0265. The van der Waals surface area contributed by atoms with Crippen LogP contribution < -0.4 is 5.32 Å². The van der Waals surface area contributed by atoms with Crippen LogP contribution in [0.5, 0.6) is 0 Å². The predicted octanol–water partition coefficient (Wildman–Crippen LogP) is 2.63. The van der Waals surface area contributed by atoms with E-state index in [1.165, 1.54) is 4.31 Å². The van der Waals surface area contributed by atoms with Crippen molar-refractivity contribution in [1.82, 2.24) is 14.5 Å². The summed E-state index contributed by atoms with van der Waals surface area (Å²) in [6.45, 7) is 3.89. The molecule has 3 rings (SSSR count). The van der Waals surface area contributed by atoms with Crippen LogP contribution >= 0.6 is 0 Å². The Hall–Kier alpha value is -2.87. The van der Waals surface area contributed by atoms with Crippen LogP contribution in [0.2, 0.25) is 0 Å². The highest BCUT2D eigenvalue weighted by Crippen LogP contribution is 2.21. The fourth-order valence-electron chi connectivity index (χ4n) is 3.56. The smallest absolute Gasteiger partial charge is 0.266 e. The molecule has 166 valence electrons. The lowest BCUT2D eigenvalue weighted by Crippen LogP contribution is -2.37. The second kappa shape index (κ2) is 10.4. The van der Waals surface area contributed by atoms with E-state index in [9.17, 15) is 13.2 Å². The fraction of sp³-hybridized carbons (Fsp3) is 0.391. The van der Waals surface area contributed by atoms with Gasteiger partial charge in [0.25, 0.3) is 10.0 Å². The van der Waals surface area contributed by atoms with Crippen LogP contribution in [-0.4, -0.2) is 55.7 Å². The molecule has 0 radical (unpaired) electrons. The van der Waals surface area contributed by atoms with Crippen LogP contribution in [0.25, 0.3) is 0 Å². The van der Waals surface area contributed by atoms with Gasteiger partial charge >= 0.3 is 0 Å². The van der Waals surface area contributed by atoms with Gasteiger partial charge in [-0.15, -0.1) is 0 Å². The van der Waals surface area contributed by atoms with Crippen molar-refractivity contribution in [2.75, 3.05) is 26.2 Å². The third-order valence-electron chi connectivity index (χ3n) is 5.35. The second-order valence-corrected chi connectivity index (χ2v) is 9.48. The molecule has 0 saturated carbocycles. The Kier molecular flexibility index (Phi) is 7.68. The molecule has 1 fully saturated rings. The maximum Gasteiger partial charge on any atom is 0.266 e. The highest BCUT2D eigenvalue weighted by molar-refractivity contribution is 7.89. The summed E-state index contributed by atoms with van der Waals surface area (Å²) in [5.74, 6) is 0.0599. The van der Waals surface area contributed by atoms with E-state index in [0.717, 1.165) is 24.0 Å². The molecule has 0 unspecified atom stereocenters. The van der Waals surface area contributed by atoms with Crippen molar-refractivity contribution < 1.29 is 13.2 Å². The lowest BCUT2D eigenvalue weighted by Gasteiger charge is -2.21. The Labute approximate surface area is 184 Å². The van der Waals surface area contributed by atoms with E-state index in [4.69, 9.17) is 5.41 Å². The van der Waals surface area contributed by atoms with Gasteiger partial charge in [-0.25, -0.2) is 12.7 Å². The zero-order chi connectivity index (χ0) is 22.3. The Morgan fingerprint density at radius 3 is 2.35 bits per heavy atom. The Balaban J connectivity index is 1.57. The summed E-state index contributed by atoms with van der Waals surface area (Å²) in [6.07, 6.45) is 2.73. The van der Waals surface area contributed by atoms with Gasteiger partial charge in [0, 0.05) is 26.1 Å². The van der Waals surface area contributed by atoms with Gasteiger partial charge in [-0.1, -0.05) is 49.4 Å². The first-order chi connectivity index (χ1) is 14.9. The molecule has 1 heterocycles. The first-order valence-electron chi connectivity index (χ1n) is 10.7. The first-order valence-corrected chi connectivity index (χ1v) is 12.1. The molecule has 1 saturated heterocycles. The minimum Gasteiger partial charge on any atom is -0.356 e. The molecule has 7 nitrogen and oxygen atoms in total. The molecule has 1 aliphatic heterocycles. The monoisotopic (exact) mass is 442 g/mol. The van der Waals surface area contributed by atoms with Crippen LogP contribution in [0.4, 0.5) is 0 Å². The Morgan fingerprint density at radius 1 is 1.00 bits per heavy atom. The third-order valence-corrected chi connectivity index (χ3v) is 7.15. The molecule has 0 spiro atoms. The molecular formula is C23H30N4O3S. The molecule has 2 aromatic rings. The normalized spacial score (nSPS) is 14.2. The van der Waals surface area contributed by atoms with E-state index < -0.39 is 10.0 Å².